The second-order valence-electron chi connectivity index (χ2n) is 6.70. The molecule has 0 aliphatic heterocycles. The Morgan fingerprint density at radius 1 is 1.30 bits per heavy atom. The van der Waals surface area contributed by atoms with Crippen LogP contribution in [0.1, 0.15) is 56.0 Å². The van der Waals surface area contributed by atoms with Gasteiger partial charge in [0.25, 0.3) is 0 Å². The van der Waals surface area contributed by atoms with Gasteiger partial charge < -0.3 is 10.2 Å². The van der Waals surface area contributed by atoms with Crippen LogP contribution < -0.4 is 10.2 Å². The number of thiazole rings is 1. The molecule has 2 unspecified atom stereocenters. The van der Waals surface area contributed by atoms with E-state index < -0.39 is 0 Å². The van der Waals surface area contributed by atoms with Gasteiger partial charge in [-0.3, -0.25) is 0 Å². The summed E-state index contributed by atoms with van der Waals surface area (Å²) >= 11 is 1.88. The highest BCUT2D eigenvalue weighted by molar-refractivity contribution is 7.15. The third-order valence-corrected chi connectivity index (χ3v) is 6.02. The van der Waals surface area contributed by atoms with Gasteiger partial charge in [-0.1, -0.05) is 19.8 Å². The Morgan fingerprint density at radius 2 is 2.10 bits per heavy atom. The molecule has 1 N–H and O–H groups in total. The molecule has 4 heteroatoms. The van der Waals surface area contributed by atoms with E-state index in [1.807, 2.05) is 11.3 Å². The number of aryl methyl sites for hydroxylation is 1. The first kappa shape index (κ1) is 14.3. The van der Waals surface area contributed by atoms with Crippen LogP contribution in [0.15, 0.2) is 0 Å². The molecule has 1 aromatic heterocycles. The fourth-order valence-electron chi connectivity index (χ4n) is 3.16. The van der Waals surface area contributed by atoms with E-state index in [2.05, 4.69) is 31.1 Å². The fraction of sp³-hybridized carbons (Fsp3) is 0.812. The normalized spacial score (nSPS) is 26.8. The van der Waals surface area contributed by atoms with Gasteiger partial charge in [0, 0.05) is 30.6 Å². The predicted molar refractivity (Wildman–Crippen MR) is 86.5 cm³/mol. The lowest BCUT2D eigenvalue weighted by Crippen LogP contribution is -2.35. The Bertz CT molecular complexity index is 453. The van der Waals surface area contributed by atoms with E-state index in [9.17, 15) is 0 Å². The minimum Gasteiger partial charge on any atom is -0.348 e. The van der Waals surface area contributed by atoms with Gasteiger partial charge in [-0.2, -0.15) is 0 Å². The highest BCUT2D eigenvalue weighted by Gasteiger charge is 2.25. The number of rotatable bonds is 5. The monoisotopic (exact) mass is 293 g/mol. The molecule has 2 atom stereocenters. The molecule has 112 valence electrons. The molecule has 2 aliphatic carbocycles. The van der Waals surface area contributed by atoms with Crippen LogP contribution in [0.3, 0.4) is 0 Å². The standard InChI is InChI=1S/C16H27N3S/c1-11-5-4-6-14(9-11)19(3)16-18-12(2)15(20-16)10-17-13-7-8-13/h11,13-14,17H,4-10H2,1-3H3. The summed E-state index contributed by atoms with van der Waals surface area (Å²) in [7, 11) is 2.24. The predicted octanol–water partition coefficient (Wildman–Crippen LogP) is 3.72. The summed E-state index contributed by atoms with van der Waals surface area (Å²) in [5, 5.41) is 4.82. The van der Waals surface area contributed by atoms with Crippen LogP contribution in [0, 0.1) is 12.8 Å². The SMILES string of the molecule is Cc1nc(N(C)C2CCCC(C)C2)sc1CNC1CC1. The molecule has 1 heterocycles. The van der Waals surface area contributed by atoms with Crippen molar-refractivity contribution in [3.63, 3.8) is 0 Å². The van der Waals surface area contributed by atoms with Crippen molar-refractivity contribution in [1.82, 2.24) is 10.3 Å². The van der Waals surface area contributed by atoms with E-state index in [4.69, 9.17) is 4.98 Å². The molecule has 3 rings (SSSR count). The van der Waals surface area contributed by atoms with Gasteiger partial charge in [-0.05, 0) is 38.5 Å². The average Bonchev–Trinajstić information content (AvgIpc) is 3.19. The summed E-state index contributed by atoms with van der Waals surface area (Å²) in [6.07, 6.45) is 8.13. The van der Waals surface area contributed by atoms with Gasteiger partial charge in [0.05, 0.1) is 5.69 Å². The molecule has 3 nitrogen and oxygen atoms in total. The lowest BCUT2D eigenvalue weighted by molar-refractivity contribution is 0.336. The van der Waals surface area contributed by atoms with Crippen LogP contribution in [-0.2, 0) is 6.54 Å². The zero-order chi connectivity index (χ0) is 14.1. The molecular formula is C16H27N3S. The Kier molecular flexibility index (Phi) is 4.32. The maximum atomic E-state index is 4.81. The molecule has 0 radical (unpaired) electrons. The summed E-state index contributed by atoms with van der Waals surface area (Å²) in [6, 6.07) is 1.46. The highest BCUT2D eigenvalue weighted by Crippen LogP contribution is 2.33. The fourth-order valence-corrected chi connectivity index (χ4v) is 4.21. The number of anilines is 1. The van der Waals surface area contributed by atoms with Crippen molar-refractivity contribution >= 4 is 16.5 Å². The van der Waals surface area contributed by atoms with Crippen molar-refractivity contribution in [1.29, 1.82) is 0 Å². The molecule has 1 aromatic rings. The van der Waals surface area contributed by atoms with Gasteiger partial charge in [0.15, 0.2) is 5.13 Å². The molecular weight excluding hydrogens is 266 g/mol. The molecule has 2 aliphatic rings. The van der Waals surface area contributed by atoms with E-state index in [1.165, 1.54) is 54.2 Å². The summed E-state index contributed by atoms with van der Waals surface area (Å²) in [4.78, 5) is 8.67. The number of aromatic nitrogens is 1. The van der Waals surface area contributed by atoms with Crippen LogP contribution in [0.2, 0.25) is 0 Å². The lowest BCUT2D eigenvalue weighted by atomic mass is 9.86. The zero-order valence-corrected chi connectivity index (χ0v) is 13.8. The molecule has 20 heavy (non-hydrogen) atoms. The number of nitrogens with zero attached hydrogens (tertiary/aromatic N) is 2. The molecule has 0 amide bonds. The van der Waals surface area contributed by atoms with Gasteiger partial charge in [0.2, 0.25) is 0 Å². The summed E-state index contributed by atoms with van der Waals surface area (Å²) in [6.45, 7) is 5.54. The van der Waals surface area contributed by atoms with Crippen LogP contribution >= 0.6 is 11.3 Å². The van der Waals surface area contributed by atoms with E-state index in [-0.39, 0.29) is 0 Å². The largest absolute Gasteiger partial charge is 0.348 e. The lowest BCUT2D eigenvalue weighted by Gasteiger charge is -2.33. The quantitative estimate of drug-likeness (QED) is 0.897. The number of hydrogen-bond acceptors (Lipinski definition) is 4. The number of hydrogen-bond donors (Lipinski definition) is 1. The van der Waals surface area contributed by atoms with Crippen LogP contribution in [0.4, 0.5) is 5.13 Å². The van der Waals surface area contributed by atoms with E-state index in [0.717, 1.165) is 18.5 Å². The van der Waals surface area contributed by atoms with E-state index in [1.54, 1.807) is 0 Å². The van der Waals surface area contributed by atoms with Gasteiger partial charge in [0.1, 0.15) is 0 Å². The topological polar surface area (TPSA) is 28.2 Å². The highest BCUT2D eigenvalue weighted by atomic mass is 32.1. The van der Waals surface area contributed by atoms with Crippen LogP contribution in [0.25, 0.3) is 0 Å². The second kappa shape index (κ2) is 6.02. The van der Waals surface area contributed by atoms with E-state index >= 15 is 0 Å². The van der Waals surface area contributed by atoms with Crippen molar-refractivity contribution in [3.8, 4) is 0 Å². The van der Waals surface area contributed by atoms with Gasteiger partial charge in [-0.15, -0.1) is 11.3 Å². The second-order valence-corrected chi connectivity index (χ2v) is 7.76. The minimum absolute atomic E-state index is 0.688. The van der Waals surface area contributed by atoms with E-state index in [0.29, 0.717) is 6.04 Å². The molecule has 0 bridgehead atoms. The van der Waals surface area contributed by atoms with Crippen molar-refractivity contribution in [2.45, 2.75) is 71.0 Å². The zero-order valence-electron chi connectivity index (χ0n) is 13.0. The minimum atomic E-state index is 0.688. The third-order valence-electron chi connectivity index (χ3n) is 4.77. The molecule has 0 spiro atoms. The molecule has 0 saturated heterocycles. The maximum absolute atomic E-state index is 4.81. The van der Waals surface area contributed by atoms with Crippen molar-refractivity contribution in [2.75, 3.05) is 11.9 Å². The smallest absolute Gasteiger partial charge is 0.185 e. The summed E-state index contributed by atoms with van der Waals surface area (Å²) in [5.74, 6) is 0.869. The number of nitrogens with one attached hydrogen (secondary N) is 1. The van der Waals surface area contributed by atoms with Crippen molar-refractivity contribution < 1.29 is 0 Å². The Morgan fingerprint density at radius 3 is 2.80 bits per heavy atom. The maximum Gasteiger partial charge on any atom is 0.185 e. The van der Waals surface area contributed by atoms with Gasteiger partial charge >= 0.3 is 0 Å². The first-order chi connectivity index (χ1) is 9.63. The molecule has 2 saturated carbocycles. The van der Waals surface area contributed by atoms with Crippen LogP contribution in [0.5, 0.6) is 0 Å². The molecule has 2 fully saturated rings. The van der Waals surface area contributed by atoms with Gasteiger partial charge in [-0.25, -0.2) is 4.98 Å². The van der Waals surface area contributed by atoms with Crippen molar-refractivity contribution in [3.05, 3.63) is 10.6 Å². The first-order valence-corrected chi connectivity index (χ1v) is 8.87. The average molecular weight is 293 g/mol. The van der Waals surface area contributed by atoms with Crippen LogP contribution in [-0.4, -0.2) is 24.1 Å². The first-order valence-electron chi connectivity index (χ1n) is 8.06. The third kappa shape index (κ3) is 3.34. The molecule has 0 aromatic carbocycles. The Balaban J connectivity index is 1.64. The van der Waals surface area contributed by atoms with Crippen molar-refractivity contribution in [2.24, 2.45) is 5.92 Å². The Hall–Kier alpha value is -0.610. The summed E-state index contributed by atoms with van der Waals surface area (Å²) < 4.78 is 0. The summed E-state index contributed by atoms with van der Waals surface area (Å²) in [5.41, 5.74) is 1.22. The Labute approximate surface area is 126 Å².